The lowest BCUT2D eigenvalue weighted by Gasteiger charge is -2.15. The van der Waals surface area contributed by atoms with E-state index < -0.39 is 0 Å². The zero-order valence-corrected chi connectivity index (χ0v) is 13.7. The molecule has 0 radical (unpaired) electrons. The van der Waals surface area contributed by atoms with Crippen molar-refractivity contribution >= 4 is 22.6 Å². The van der Waals surface area contributed by atoms with Gasteiger partial charge in [-0.15, -0.1) is 0 Å². The molecule has 1 nitrogen and oxygen atoms in total. The van der Waals surface area contributed by atoms with Gasteiger partial charge >= 0.3 is 0 Å². The summed E-state index contributed by atoms with van der Waals surface area (Å²) in [6.07, 6.45) is 7.27. The second-order valence-electron chi connectivity index (χ2n) is 5.10. The van der Waals surface area contributed by atoms with Crippen molar-refractivity contribution < 1.29 is 0 Å². The smallest absolute Gasteiger partial charge is 0.0302 e. The van der Waals surface area contributed by atoms with Crippen LogP contribution in [0.25, 0.3) is 0 Å². The van der Waals surface area contributed by atoms with Crippen molar-refractivity contribution in [2.45, 2.75) is 33.1 Å². The first-order valence-electron chi connectivity index (χ1n) is 6.86. The first kappa shape index (κ1) is 14.5. The molecule has 100 valence electrons. The quantitative estimate of drug-likeness (QED) is 0.702. The largest absolute Gasteiger partial charge is 0.264 e. The van der Waals surface area contributed by atoms with E-state index in [1.54, 1.807) is 0 Å². The second kappa shape index (κ2) is 7.04. The van der Waals surface area contributed by atoms with Gasteiger partial charge in [0, 0.05) is 16.0 Å². The molecule has 2 heteroatoms. The lowest BCUT2D eigenvalue weighted by Crippen LogP contribution is -2.07. The average molecular weight is 365 g/mol. The highest BCUT2D eigenvalue weighted by Gasteiger charge is 2.09. The van der Waals surface area contributed by atoms with E-state index in [9.17, 15) is 0 Å². The van der Waals surface area contributed by atoms with Gasteiger partial charge in [0.15, 0.2) is 0 Å². The van der Waals surface area contributed by atoms with Gasteiger partial charge in [-0.2, -0.15) is 0 Å². The molecular formula is C17H20IN. The third kappa shape index (κ3) is 4.03. The van der Waals surface area contributed by atoms with Crippen molar-refractivity contribution in [3.05, 3.63) is 63.0 Å². The first-order valence-corrected chi connectivity index (χ1v) is 7.93. The number of benzene rings is 1. The zero-order chi connectivity index (χ0) is 13.7. The zero-order valence-electron chi connectivity index (χ0n) is 11.6. The molecule has 0 aliphatic heterocycles. The monoisotopic (exact) mass is 365 g/mol. The van der Waals surface area contributed by atoms with Gasteiger partial charge in [0.25, 0.3) is 0 Å². The van der Waals surface area contributed by atoms with E-state index in [4.69, 9.17) is 0 Å². The third-order valence-corrected chi connectivity index (χ3v) is 4.53. The maximum absolute atomic E-state index is 4.22. The van der Waals surface area contributed by atoms with E-state index in [0.717, 1.165) is 19.3 Å². The summed E-state index contributed by atoms with van der Waals surface area (Å²) in [4.78, 5) is 4.22. The number of hydrogen-bond donors (Lipinski definition) is 0. The molecule has 0 amide bonds. The Bertz CT molecular complexity index is 536. The van der Waals surface area contributed by atoms with Crippen molar-refractivity contribution in [2.75, 3.05) is 0 Å². The predicted octanol–water partition coefficient (Wildman–Crippen LogP) is 4.67. The molecule has 1 aromatic heterocycles. The second-order valence-corrected chi connectivity index (χ2v) is 6.26. The Morgan fingerprint density at radius 3 is 2.53 bits per heavy atom. The molecule has 19 heavy (non-hydrogen) atoms. The van der Waals surface area contributed by atoms with Crippen LogP contribution in [0.4, 0.5) is 0 Å². The molecule has 0 spiro atoms. The summed E-state index contributed by atoms with van der Waals surface area (Å²) in [5.41, 5.74) is 4.30. The summed E-state index contributed by atoms with van der Waals surface area (Å²) in [5, 5.41) is 0. The van der Waals surface area contributed by atoms with Crippen LogP contribution in [-0.4, -0.2) is 4.98 Å². The fraction of sp³-hybridized carbons (Fsp3) is 0.353. The molecule has 1 aromatic carbocycles. The van der Waals surface area contributed by atoms with Gasteiger partial charge in [-0.3, -0.25) is 4.98 Å². The van der Waals surface area contributed by atoms with Crippen LogP contribution in [0.5, 0.6) is 0 Å². The standard InChI is InChI=1S/C17H20IN/c1-3-14-12-19-9-8-15(14)10-13(2)11-16-6-4-5-7-17(16)18/h4-9,12-13H,3,10-11H2,1-2H3. The predicted molar refractivity (Wildman–Crippen MR) is 89.3 cm³/mol. The fourth-order valence-electron chi connectivity index (χ4n) is 2.46. The molecule has 1 unspecified atom stereocenters. The van der Waals surface area contributed by atoms with E-state index in [0.29, 0.717) is 5.92 Å². The summed E-state index contributed by atoms with van der Waals surface area (Å²) in [6.45, 7) is 4.54. The fourth-order valence-corrected chi connectivity index (χ4v) is 3.07. The number of rotatable bonds is 5. The van der Waals surface area contributed by atoms with E-state index >= 15 is 0 Å². The molecule has 2 aromatic rings. The van der Waals surface area contributed by atoms with Crippen LogP contribution >= 0.6 is 22.6 Å². The van der Waals surface area contributed by atoms with E-state index in [1.807, 2.05) is 12.4 Å². The van der Waals surface area contributed by atoms with Crippen molar-refractivity contribution in [1.82, 2.24) is 4.98 Å². The molecular weight excluding hydrogens is 345 g/mol. The molecule has 1 atom stereocenters. The number of aromatic nitrogens is 1. The van der Waals surface area contributed by atoms with Crippen molar-refractivity contribution in [1.29, 1.82) is 0 Å². The summed E-state index contributed by atoms with van der Waals surface area (Å²) >= 11 is 2.43. The Morgan fingerprint density at radius 1 is 1.05 bits per heavy atom. The highest BCUT2D eigenvalue weighted by atomic mass is 127. The molecule has 0 bridgehead atoms. The minimum absolute atomic E-state index is 0.656. The molecule has 1 heterocycles. The molecule has 0 aliphatic rings. The lowest BCUT2D eigenvalue weighted by atomic mass is 9.92. The lowest BCUT2D eigenvalue weighted by molar-refractivity contribution is 0.573. The highest BCUT2D eigenvalue weighted by molar-refractivity contribution is 14.1. The third-order valence-electron chi connectivity index (χ3n) is 3.48. The van der Waals surface area contributed by atoms with Crippen LogP contribution in [0.1, 0.15) is 30.5 Å². The molecule has 0 aliphatic carbocycles. The summed E-state index contributed by atoms with van der Waals surface area (Å²) in [7, 11) is 0. The number of pyridine rings is 1. The van der Waals surface area contributed by atoms with Gasteiger partial charge in [-0.05, 0) is 76.6 Å². The van der Waals surface area contributed by atoms with Crippen molar-refractivity contribution in [3.63, 3.8) is 0 Å². The maximum Gasteiger partial charge on any atom is 0.0302 e. The van der Waals surface area contributed by atoms with Gasteiger partial charge in [0.05, 0.1) is 0 Å². The van der Waals surface area contributed by atoms with E-state index in [-0.39, 0.29) is 0 Å². The number of nitrogens with zero attached hydrogens (tertiary/aromatic N) is 1. The minimum atomic E-state index is 0.656. The van der Waals surface area contributed by atoms with Crippen molar-refractivity contribution in [3.8, 4) is 0 Å². The highest BCUT2D eigenvalue weighted by Crippen LogP contribution is 2.20. The number of aryl methyl sites for hydroxylation is 1. The normalized spacial score (nSPS) is 12.4. The van der Waals surface area contributed by atoms with Crippen LogP contribution in [0.15, 0.2) is 42.7 Å². The molecule has 0 saturated heterocycles. The number of halogens is 1. The van der Waals surface area contributed by atoms with Crippen molar-refractivity contribution in [2.24, 2.45) is 5.92 Å². The molecule has 2 rings (SSSR count). The molecule has 0 saturated carbocycles. The summed E-state index contributed by atoms with van der Waals surface area (Å²) in [5.74, 6) is 0.656. The minimum Gasteiger partial charge on any atom is -0.264 e. The number of hydrogen-bond acceptors (Lipinski definition) is 1. The van der Waals surface area contributed by atoms with Gasteiger partial charge < -0.3 is 0 Å². The van der Waals surface area contributed by atoms with E-state index in [2.05, 4.69) is 71.8 Å². The van der Waals surface area contributed by atoms with Crippen LogP contribution in [0, 0.1) is 9.49 Å². The van der Waals surface area contributed by atoms with Gasteiger partial charge in [-0.25, -0.2) is 0 Å². The summed E-state index contributed by atoms with van der Waals surface area (Å²) < 4.78 is 1.37. The Morgan fingerprint density at radius 2 is 1.79 bits per heavy atom. The van der Waals surface area contributed by atoms with E-state index in [1.165, 1.54) is 20.3 Å². The van der Waals surface area contributed by atoms with Gasteiger partial charge in [0.2, 0.25) is 0 Å². The Hall–Kier alpha value is -0.900. The Labute approximate surface area is 129 Å². The van der Waals surface area contributed by atoms with Gasteiger partial charge in [0.1, 0.15) is 0 Å². The van der Waals surface area contributed by atoms with Crippen LogP contribution < -0.4 is 0 Å². The van der Waals surface area contributed by atoms with Crippen LogP contribution in [0.3, 0.4) is 0 Å². The Balaban J connectivity index is 2.05. The topological polar surface area (TPSA) is 12.9 Å². The SMILES string of the molecule is CCc1cnccc1CC(C)Cc1ccccc1I. The Kier molecular flexibility index (Phi) is 5.37. The van der Waals surface area contributed by atoms with Crippen LogP contribution in [0.2, 0.25) is 0 Å². The summed E-state index contributed by atoms with van der Waals surface area (Å²) in [6, 6.07) is 10.8. The maximum atomic E-state index is 4.22. The first-order chi connectivity index (χ1) is 9.20. The molecule has 0 fully saturated rings. The van der Waals surface area contributed by atoms with Crippen LogP contribution in [-0.2, 0) is 19.3 Å². The molecule has 0 N–H and O–H groups in total. The van der Waals surface area contributed by atoms with Gasteiger partial charge in [-0.1, -0.05) is 32.0 Å². The average Bonchev–Trinajstić information content (AvgIpc) is 2.42.